The summed E-state index contributed by atoms with van der Waals surface area (Å²) in [6.07, 6.45) is 5.44. The first-order valence-corrected chi connectivity index (χ1v) is 9.08. The molecular weight excluding hydrogens is 368 g/mol. The van der Waals surface area contributed by atoms with Gasteiger partial charge in [-0.05, 0) is 23.8 Å². The largest absolute Gasteiger partial charge is 0.366 e. The summed E-state index contributed by atoms with van der Waals surface area (Å²) < 4.78 is 0. The number of hydrogen-bond acceptors (Lipinski definition) is 4. The highest BCUT2D eigenvalue weighted by Crippen LogP contribution is 2.32. The Bertz CT molecular complexity index is 1160. The van der Waals surface area contributed by atoms with E-state index in [2.05, 4.69) is 20.5 Å². The number of H-pyrrole nitrogens is 2. The first-order valence-electron chi connectivity index (χ1n) is 9.08. The number of carbonyl (C=O) groups is 2. The van der Waals surface area contributed by atoms with Crippen LogP contribution >= 0.6 is 0 Å². The molecule has 0 aliphatic rings. The summed E-state index contributed by atoms with van der Waals surface area (Å²) in [4.78, 5) is 27.4. The molecule has 0 aliphatic carbocycles. The van der Waals surface area contributed by atoms with Gasteiger partial charge in [0.1, 0.15) is 0 Å². The van der Waals surface area contributed by atoms with Gasteiger partial charge < -0.3 is 21.8 Å². The van der Waals surface area contributed by atoms with Gasteiger partial charge in [0, 0.05) is 41.0 Å². The van der Waals surface area contributed by atoms with Gasteiger partial charge in [-0.2, -0.15) is 5.10 Å². The smallest absolute Gasteiger partial charge is 0.248 e. The maximum Gasteiger partial charge on any atom is 0.248 e. The zero-order chi connectivity index (χ0) is 20.4. The predicted molar refractivity (Wildman–Crippen MR) is 111 cm³/mol. The quantitative estimate of drug-likeness (QED) is 0.345. The SMILES string of the molecule is NC[C@H](C(=O)Nc1cccc2c(-c3cn[nH]c3)c[nH]c12)c1ccc(C(N)=O)cc1. The minimum atomic E-state index is -0.560. The summed E-state index contributed by atoms with van der Waals surface area (Å²) in [6, 6.07) is 12.3. The van der Waals surface area contributed by atoms with E-state index in [-0.39, 0.29) is 12.5 Å². The van der Waals surface area contributed by atoms with E-state index in [1.807, 2.05) is 30.6 Å². The molecule has 8 nitrogen and oxygen atoms in total. The van der Waals surface area contributed by atoms with Gasteiger partial charge in [-0.3, -0.25) is 14.7 Å². The third kappa shape index (κ3) is 3.48. The predicted octanol–water partition coefficient (Wildman–Crippen LogP) is 2.34. The summed E-state index contributed by atoms with van der Waals surface area (Å²) >= 11 is 0. The Morgan fingerprint density at radius 2 is 1.90 bits per heavy atom. The number of nitrogens with one attached hydrogen (secondary N) is 3. The molecule has 0 radical (unpaired) electrons. The molecule has 4 aromatic rings. The number of hydrogen-bond donors (Lipinski definition) is 5. The third-order valence-electron chi connectivity index (χ3n) is 4.93. The lowest BCUT2D eigenvalue weighted by molar-refractivity contribution is -0.117. The normalized spacial score (nSPS) is 12.0. The minimum absolute atomic E-state index is 0.128. The number of aromatic nitrogens is 3. The van der Waals surface area contributed by atoms with Crippen LogP contribution in [0.25, 0.3) is 22.0 Å². The molecule has 29 heavy (non-hydrogen) atoms. The molecule has 0 spiro atoms. The van der Waals surface area contributed by atoms with Crippen LogP contribution in [0.3, 0.4) is 0 Å². The summed E-state index contributed by atoms with van der Waals surface area (Å²) in [6.45, 7) is 0.128. The molecule has 2 heterocycles. The van der Waals surface area contributed by atoms with Crippen molar-refractivity contribution in [2.24, 2.45) is 11.5 Å². The number of benzene rings is 2. The van der Waals surface area contributed by atoms with Crippen molar-refractivity contribution in [2.45, 2.75) is 5.92 Å². The van der Waals surface area contributed by atoms with Gasteiger partial charge in [0.15, 0.2) is 0 Å². The van der Waals surface area contributed by atoms with Crippen LogP contribution in [0.4, 0.5) is 5.69 Å². The van der Waals surface area contributed by atoms with Crippen molar-refractivity contribution in [3.05, 3.63) is 72.2 Å². The number of amides is 2. The number of nitrogens with zero attached hydrogens (tertiary/aromatic N) is 1. The maximum atomic E-state index is 12.9. The Kier molecular flexibility index (Phi) is 4.84. The van der Waals surface area contributed by atoms with E-state index in [4.69, 9.17) is 11.5 Å². The van der Waals surface area contributed by atoms with Gasteiger partial charge >= 0.3 is 0 Å². The van der Waals surface area contributed by atoms with Gasteiger partial charge in [-0.1, -0.05) is 24.3 Å². The van der Waals surface area contributed by atoms with Crippen LogP contribution in [-0.4, -0.2) is 33.5 Å². The second-order valence-electron chi connectivity index (χ2n) is 6.68. The summed E-state index contributed by atoms with van der Waals surface area (Å²) in [7, 11) is 0. The molecular formula is C21H20N6O2. The lowest BCUT2D eigenvalue weighted by Crippen LogP contribution is -2.27. The van der Waals surface area contributed by atoms with Crippen LogP contribution in [0.5, 0.6) is 0 Å². The number of nitrogens with two attached hydrogens (primary N) is 2. The zero-order valence-corrected chi connectivity index (χ0v) is 15.5. The van der Waals surface area contributed by atoms with Crippen LogP contribution < -0.4 is 16.8 Å². The number of aromatic amines is 2. The molecule has 2 amide bonds. The molecule has 2 aromatic carbocycles. The molecule has 0 saturated heterocycles. The second-order valence-corrected chi connectivity index (χ2v) is 6.68. The van der Waals surface area contributed by atoms with Crippen molar-refractivity contribution in [3.8, 4) is 11.1 Å². The van der Waals surface area contributed by atoms with E-state index in [0.717, 1.165) is 22.0 Å². The molecule has 0 bridgehead atoms. The van der Waals surface area contributed by atoms with Gasteiger partial charge in [0.2, 0.25) is 11.8 Å². The van der Waals surface area contributed by atoms with Gasteiger partial charge in [-0.15, -0.1) is 0 Å². The highest BCUT2D eigenvalue weighted by Gasteiger charge is 2.21. The van der Waals surface area contributed by atoms with Gasteiger partial charge in [0.05, 0.1) is 23.3 Å². The van der Waals surface area contributed by atoms with Crippen LogP contribution in [0, 0.1) is 0 Å². The molecule has 0 aliphatic heterocycles. The highest BCUT2D eigenvalue weighted by atomic mass is 16.2. The number of anilines is 1. The topological polar surface area (TPSA) is 143 Å². The number of carbonyl (C=O) groups excluding carboxylic acids is 2. The number of fused-ring (bicyclic) bond motifs is 1. The highest BCUT2D eigenvalue weighted by molar-refractivity contribution is 6.07. The van der Waals surface area contributed by atoms with Crippen LogP contribution in [-0.2, 0) is 4.79 Å². The number of rotatable bonds is 6. The zero-order valence-electron chi connectivity index (χ0n) is 15.5. The van der Waals surface area contributed by atoms with Crippen molar-refractivity contribution in [3.63, 3.8) is 0 Å². The summed E-state index contributed by atoms with van der Waals surface area (Å²) in [5, 5.41) is 10.7. The van der Waals surface area contributed by atoms with E-state index in [1.165, 1.54) is 0 Å². The maximum absolute atomic E-state index is 12.9. The van der Waals surface area contributed by atoms with Crippen molar-refractivity contribution in [1.82, 2.24) is 15.2 Å². The Hall–Kier alpha value is -3.91. The van der Waals surface area contributed by atoms with E-state index in [9.17, 15) is 9.59 Å². The van der Waals surface area contributed by atoms with Crippen molar-refractivity contribution >= 4 is 28.4 Å². The average molecular weight is 388 g/mol. The first-order chi connectivity index (χ1) is 14.1. The fourth-order valence-corrected chi connectivity index (χ4v) is 3.39. The fraction of sp³-hybridized carbons (Fsp3) is 0.0952. The molecule has 1 atom stereocenters. The minimum Gasteiger partial charge on any atom is -0.366 e. The molecule has 2 aromatic heterocycles. The van der Waals surface area contributed by atoms with E-state index in [0.29, 0.717) is 16.8 Å². The van der Waals surface area contributed by atoms with E-state index in [1.54, 1.807) is 30.5 Å². The fourth-order valence-electron chi connectivity index (χ4n) is 3.39. The third-order valence-corrected chi connectivity index (χ3v) is 4.93. The molecule has 7 N–H and O–H groups in total. The molecule has 0 fully saturated rings. The Morgan fingerprint density at radius 1 is 1.10 bits per heavy atom. The molecule has 0 unspecified atom stereocenters. The number of para-hydroxylation sites is 1. The Morgan fingerprint density at radius 3 is 2.55 bits per heavy atom. The Labute approximate surface area is 166 Å². The van der Waals surface area contributed by atoms with Crippen molar-refractivity contribution < 1.29 is 9.59 Å². The standard InChI is InChI=1S/C21H20N6O2/c22-8-16(12-4-6-13(7-5-12)20(23)28)21(29)27-18-3-1-2-15-17(11-24-19(15)18)14-9-25-26-10-14/h1-7,9-11,16,24H,8,22H2,(H2,23,28)(H,25,26)(H,27,29)/t16-/m0/s1. The summed E-state index contributed by atoms with van der Waals surface area (Å²) in [5.41, 5.74) is 15.7. The molecule has 8 heteroatoms. The van der Waals surface area contributed by atoms with Gasteiger partial charge in [-0.25, -0.2) is 0 Å². The van der Waals surface area contributed by atoms with E-state index < -0.39 is 11.8 Å². The summed E-state index contributed by atoms with van der Waals surface area (Å²) in [5.74, 6) is -1.31. The van der Waals surface area contributed by atoms with Crippen molar-refractivity contribution in [1.29, 1.82) is 0 Å². The molecule has 0 saturated carbocycles. The van der Waals surface area contributed by atoms with Gasteiger partial charge in [0.25, 0.3) is 0 Å². The van der Waals surface area contributed by atoms with Crippen molar-refractivity contribution in [2.75, 3.05) is 11.9 Å². The van der Waals surface area contributed by atoms with Crippen LogP contribution in [0.2, 0.25) is 0 Å². The number of primary amides is 1. The lowest BCUT2D eigenvalue weighted by Gasteiger charge is -2.16. The Balaban J connectivity index is 1.61. The average Bonchev–Trinajstić information content (AvgIpc) is 3.39. The van der Waals surface area contributed by atoms with Crippen LogP contribution in [0.1, 0.15) is 21.8 Å². The lowest BCUT2D eigenvalue weighted by atomic mass is 9.97. The second kappa shape index (κ2) is 7.61. The first kappa shape index (κ1) is 18.5. The molecule has 4 rings (SSSR count). The van der Waals surface area contributed by atoms with Crippen LogP contribution in [0.15, 0.2) is 61.1 Å². The van der Waals surface area contributed by atoms with E-state index >= 15 is 0 Å². The monoisotopic (exact) mass is 388 g/mol. The molecule has 146 valence electrons.